The summed E-state index contributed by atoms with van der Waals surface area (Å²) in [7, 11) is -2.64. The molecule has 0 saturated carbocycles. The molecule has 0 bridgehead atoms. The van der Waals surface area contributed by atoms with Crippen molar-refractivity contribution in [2.45, 2.75) is 19.4 Å². The summed E-state index contributed by atoms with van der Waals surface area (Å²) < 4.78 is 14.6. The molecule has 1 rings (SSSR count). The van der Waals surface area contributed by atoms with E-state index >= 15 is 0 Å². The van der Waals surface area contributed by atoms with Crippen LogP contribution in [0.4, 0.5) is 0 Å². The van der Waals surface area contributed by atoms with Crippen molar-refractivity contribution in [1.82, 2.24) is 0 Å². The molecule has 2 atom stereocenters. The van der Waals surface area contributed by atoms with Gasteiger partial charge in [-0.15, -0.1) is 0 Å². The first-order chi connectivity index (χ1) is 6.05. The maximum atomic E-state index is 9.06. The number of ether oxygens (including phenoxy) is 1. The van der Waals surface area contributed by atoms with E-state index in [0.717, 1.165) is 6.42 Å². The van der Waals surface area contributed by atoms with Crippen LogP contribution in [-0.4, -0.2) is 36.2 Å². The standard InChI is InChI=1S/C7H17O5P/c1-6-3-4-11-7(6)5-12-13(8,9)10-2/h6-9,13H,3-5H2,1-2H3/t6?,7-/m0/s1. The molecule has 5 nitrogen and oxygen atoms in total. The Hall–Kier alpha value is 0.230. The fourth-order valence-corrected chi connectivity index (χ4v) is 1.72. The molecule has 0 spiro atoms. The second-order valence-electron chi connectivity index (χ2n) is 3.24. The second-order valence-corrected chi connectivity index (χ2v) is 5.03. The number of hydrogen-bond donors (Lipinski definition) is 2. The molecule has 0 amide bonds. The zero-order valence-electron chi connectivity index (χ0n) is 7.90. The average Bonchev–Trinajstić information content (AvgIpc) is 2.48. The van der Waals surface area contributed by atoms with Crippen molar-refractivity contribution in [2.24, 2.45) is 5.92 Å². The molecule has 0 aromatic carbocycles. The average molecular weight is 212 g/mol. The molecule has 1 fully saturated rings. The third-order valence-corrected chi connectivity index (χ3v) is 3.32. The van der Waals surface area contributed by atoms with Gasteiger partial charge in [-0.2, -0.15) is 0 Å². The van der Waals surface area contributed by atoms with Gasteiger partial charge in [0.2, 0.25) is 0 Å². The van der Waals surface area contributed by atoms with Crippen molar-refractivity contribution in [1.29, 1.82) is 0 Å². The predicted molar refractivity (Wildman–Crippen MR) is 49.2 cm³/mol. The van der Waals surface area contributed by atoms with Crippen molar-refractivity contribution in [3.05, 3.63) is 0 Å². The molecule has 80 valence electrons. The predicted octanol–water partition coefficient (Wildman–Crippen LogP) is 0.469. The Labute approximate surface area is 78.3 Å². The summed E-state index contributed by atoms with van der Waals surface area (Å²) in [6, 6.07) is 0. The quantitative estimate of drug-likeness (QED) is 0.663. The van der Waals surface area contributed by atoms with E-state index in [1.165, 1.54) is 7.11 Å². The van der Waals surface area contributed by atoms with Gasteiger partial charge in [-0.25, -0.2) is 0 Å². The van der Waals surface area contributed by atoms with Crippen LogP contribution in [0.5, 0.6) is 0 Å². The Bertz CT molecular complexity index is 163. The molecule has 1 heterocycles. The monoisotopic (exact) mass is 212 g/mol. The van der Waals surface area contributed by atoms with E-state index in [0.29, 0.717) is 12.5 Å². The van der Waals surface area contributed by atoms with Gasteiger partial charge in [0.15, 0.2) is 0 Å². The maximum absolute atomic E-state index is 9.06. The summed E-state index contributed by atoms with van der Waals surface area (Å²) in [6.45, 7) is 2.95. The van der Waals surface area contributed by atoms with Crippen LogP contribution in [0.1, 0.15) is 13.3 Å². The number of hydrogen-bond acceptors (Lipinski definition) is 5. The van der Waals surface area contributed by atoms with Gasteiger partial charge < -0.3 is 0 Å². The van der Waals surface area contributed by atoms with Crippen LogP contribution < -0.4 is 0 Å². The second kappa shape index (κ2) is 4.64. The van der Waals surface area contributed by atoms with Crippen LogP contribution in [-0.2, 0) is 13.8 Å². The molecule has 0 aromatic heterocycles. The van der Waals surface area contributed by atoms with Gasteiger partial charge in [0.05, 0.1) is 0 Å². The molecule has 1 saturated heterocycles. The van der Waals surface area contributed by atoms with Crippen LogP contribution in [0.3, 0.4) is 0 Å². The molecule has 2 N–H and O–H groups in total. The summed E-state index contributed by atoms with van der Waals surface area (Å²) in [6.07, 6.45) is 0.952. The van der Waals surface area contributed by atoms with E-state index in [4.69, 9.17) is 19.0 Å². The van der Waals surface area contributed by atoms with E-state index in [2.05, 4.69) is 4.52 Å². The molecule has 0 radical (unpaired) electrons. The third-order valence-electron chi connectivity index (χ3n) is 2.24. The molecule has 1 unspecified atom stereocenters. The van der Waals surface area contributed by atoms with Crippen LogP contribution in [0.15, 0.2) is 0 Å². The van der Waals surface area contributed by atoms with Gasteiger partial charge in [-0.1, -0.05) is 0 Å². The van der Waals surface area contributed by atoms with E-state index in [1.54, 1.807) is 0 Å². The van der Waals surface area contributed by atoms with Crippen LogP contribution >= 0.6 is 8.17 Å². The van der Waals surface area contributed by atoms with Gasteiger partial charge >= 0.3 is 77.4 Å². The first-order valence-corrected chi connectivity index (χ1v) is 6.01. The molecule has 13 heavy (non-hydrogen) atoms. The van der Waals surface area contributed by atoms with Crippen molar-refractivity contribution in [2.75, 3.05) is 20.3 Å². The molecule has 6 heteroatoms. The van der Waals surface area contributed by atoms with Gasteiger partial charge in [0.1, 0.15) is 0 Å². The zero-order chi connectivity index (χ0) is 9.90. The van der Waals surface area contributed by atoms with Gasteiger partial charge in [-0.3, -0.25) is 0 Å². The fraction of sp³-hybridized carbons (Fsp3) is 1.00. The minimum atomic E-state index is -3.85. The zero-order valence-corrected chi connectivity index (χ0v) is 8.90. The van der Waals surface area contributed by atoms with Crippen LogP contribution in [0.25, 0.3) is 0 Å². The summed E-state index contributed by atoms with van der Waals surface area (Å²) in [5.41, 5.74) is 0. The van der Waals surface area contributed by atoms with E-state index in [1.807, 2.05) is 6.92 Å². The Morgan fingerprint density at radius 1 is 1.54 bits per heavy atom. The molecule has 0 aliphatic carbocycles. The molecule has 1 aliphatic rings. The van der Waals surface area contributed by atoms with E-state index < -0.39 is 8.17 Å². The van der Waals surface area contributed by atoms with Gasteiger partial charge in [-0.05, 0) is 0 Å². The molecular formula is C7H17O5P. The Morgan fingerprint density at radius 3 is 2.69 bits per heavy atom. The van der Waals surface area contributed by atoms with Crippen molar-refractivity contribution >= 4 is 8.17 Å². The topological polar surface area (TPSA) is 68.2 Å². The van der Waals surface area contributed by atoms with E-state index in [9.17, 15) is 0 Å². The van der Waals surface area contributed by atoms with E-state index in [-0.39, 0.29) is 12.7 Å². The Kier molecular flexibility index (Phi) is 4.04. The first-order valence-electron chi connectivity index (χ1n) is 4.30. The summed E-state index contributed by atoms with van der Waals surface area (Å²) in [5, 5.41) is 0. The van der Waals surface area contributed by atoms with Crippen LogP contribution in [0, 0.1) is 5.92 Å². The van der Waals surface area contributed by atoms with Crippen molar-refractivity contribution in [3.63, 3.8) is 0 Å². The third kappa shape index (κ3) is 3.46. The van der Waals surface area contributed by atoms with Gasteiger partial charge in [0.25, 0.3) is 0 Å². The SMILES string of the molecule is CO[PH](O)(O)OC[C@@H]1OCCC1C. The molecular weight excluding hydrogens is 195 g/mol. The summed E-state index contributed by atoms with van der Waals surface area (Å²) in [5.74, 6) is 0.404. The Morgan fingerprint density at radius 2 is 2.23 bits per heavy atom. The van der Waals surface area contributed by atoms with Crippen LogP contribution in [0.2, 0.25) is 0 Å². The normalized spacial score (nSPS) is 30.8. The molecule has 1 aliphatic heterocycles. The van der Waals surface area contributed by atoms with Crippen molar-refractivity contribution in [3.8, 4) is 0 Å². The minimum absolute atomic E-state index is 0.0404. The van der Waals surface area contributed by atoms with Gasteiger partial charge in [0, 0.05) is 0 Å². The summed E-state index contributed by atoms with van der Waals surface area (Å²) in [4.78, 5) is 18.1. The Balaban J connectivity index is 2.25. The molecule has 0 aromatic rings. The first kappa shape index (κ1) is 11.3. The summed E-state index contributed by atoms with van der Waals surface area (Å²) >= 11 is 0. The van der Waals surface area contributed by atoms with Crippen molar-refractivity contribution < 1.29 is 23.6 Å². The fourth-order valence-electron chi connectivity index (χ4n) is 1.22. The number of rotatable bonds is 4.